The largest absolute Gasteiger partial charge is 0.512 e. The highest BCUT2D eigenvalue weighted by atomic mass is 79.9. The first-order valence-electron chi connectivity index (χ1n) is 15.2. The Balaban J connectivity index is 1.56. The number of nitrogens with zero attached hydrogens (tertiary/aromatic N) is 2. The highest BCUT2D eigenvalue weighted by molar-refractivity contribution is 9.10. The fraction of sp³-hybridized carbons (Fsp3) is 0.353. The molecule has 5 rings (SSSR count). The van der Waals surface area contributed by atoms with E-state index in [1.54, 1.807) is 17.9 Å². The van der Waals surface area contributed by atoms with Crippen molar-refractivity contribution in [2.45, 2.75) is 57.5 Å². The summed E-state index contributed by atoms with van der Waals surface area (Å²) in [5, 5.41) is 12.9. The van der Waals surface area contributed by atoms with Crippen molar-refractivity contribution < 1.29 is 45.0 Å². The van der Waals surface area contributed by atoms with Crippen molar-refractivity contribution in [3.63, 3.8) is 0 Å². The number of amides is 1. The van der Waals surface area contributed by atoms with Crippen LogP contribution < -0.4 is 10.9 Å². The van der Waals surface area contributed by atoms with Crippen LogP contribution in [0.5, 0.6) is 0 Å². The molecular weight excluding hydrogens is 730 g/mol. The standard InChI is InChI=1S/C34H30BrF8N3O3/c1-17-3-2-4-27(47)29(17)19-9-20(30(38)24(10-19)32(39)40)13-44-33(49)31(23-11-21(35)5-6-26(23)37)46-14-18(7-8-45-15-22(36)16-45)25(12-28(46)48)34(41,42)43/h3,5-6,9-12,14,22,31-32,47H,2,4,7-8,13,15-16H2,1H3,(H,44,49). The molecule has 1 unspecified atom stereocenters. The van der Waals surface area contributed by atoms with Crippen LogP contribution in [0.3, 0.4) is 0 Å². The summed E-state index contributed by atoms with van der Waals surface area (Å²) < 4.78 is 115. The Morgan fingerprint density at radius 1 is 1.08 bits per heavy atom. The second-order valence-electron chi connectivity index (χ2n) is 11.9. The molecule has 2 heterocycles. The van der Waals surface area contributed by atoms with Crippen molar-refractivity contribution in [3.05, 3.63) is 120 Å². The number of aromatic nitrogens is 1. The van der Waals surface area contributed by atoms with E-state index < -0.39 is 82.3 Å². The maximum atomic E-state index is 15.4. The number of carbonyl (C=O) groups is 1. The number of nitrogens with one attached hydrogen (secondary N) is 1. The van der Waals surface area contributed by atoms with Gasteiger partial charge in [0.25, 0.3) is 12.0 Å². The summed E-state index contributed by atoms with van der Waals surface area (Å²) in [4.78, 5) is 28.7. The summed E-state index contributed by atoms with van der Waals surface area (Å²) in [5.74, 6) is -3.60. The zero-order chi connectivity index (χ0) is 35.8. The SMILES string of the molecule is CC1=CCCC(O)=C1c1cc(CNC(=O)C(c2cc(Br)ccc2F)n2cc(CCN3CC(F)C3)c(C(F)(F)F)cc2=O)c(F)c(C(F)F)c1. The molecule has 262 valence electrons. The van der Waals surface area contributed by atoms with Gasteiger partial charge in [-0.05, 0) is 66.8 Å². The van der Waals surface area contributed by atoms with Crippen molar-refractivity contribution in [2.24, 2.45) is 0 Å². The number of hydrogen-bond acceptors (Lipinski definition) is 4. The van der Waals surface area contributed by atoms with Gasteiger partial charge in [0, 0.05) is 66.0 Å². The number of likely N-dealkylation sites (tertiary alicyclic amines) is 1. The zero-order valence-corrected chi connectivity index (χ0v) is 27.4. The fourth-order valence-corrected chi connectivity index (χ4v) is 6.44. The minimum absolute atomic E-state index is 0.00650. The van der Waals surface area contributed by atoms with Crippen LogP contribution in [0.1, 0.15) is 65.6 Å². The fourth-order valence-electron chi connectivity index (χ4n) is 6.06. The zero-order valence-electron chi connectivity index (χ0n) is 25.9. The van der Waals surface area contributed by atoms with Crippen molar-refractivity contribution in [1.29, 1.82) is 0 Å². The number of aliphatic hydroxyl groups is 1. The Kier molecular flexibility index (Phi) is 10.7. The smallest absolute Gasteiger partial charge is 0.416 e. The molecule has 6 nitrogen and oxygen atoms in total. The van der Waals surface area contributed by atoms with Crippen LogP contribution in [-0.4, -0.2) is 46.3 Å². The second-order valence-corrected chi connectivity index (χ2v) is 12.9. The average molecular weight is 761 g/mol. The monoisotopic (exact) mass is 759 g/mol. The lowest BCUT2D eigenvalue weighted by Gasteiger charge is -2.34. The Morgan fingerprint density at radius 3 is 2.43 bits per heavy atom. The molecule has 1 atom stereocenters. The first kappa shape index (κ1) is 36.3. The first-order chi connectivity index (χ1) is 23.0. The van der Waals surface area contributed by atoms with Gasteiger partial charge in [-0.1, -0.05) is 22.0 Å². The Morgan fingerprint density at radius 2 is 1.80 bits per heavy atom. The molecule has 2 aromatic carbocycles. The lowest BCUT2D eigenvalue weighted by atomic mass is 9.89. The molecule has 0 radical (unpaired) electrons. The van der Waals surface area contributed by atoms with Crippen molar-refractivity contribution in [3.8, 4) is 0 Å². The molecule has 0 bridgehead atoms. The van der Waals surface area contributed by atoms with Gasteiger partial charge < -0.3 is 10.4 Å². The molecule has 0 saturated carbocycles. The molecule has 2 aliphatic rings. The highest BCUT2D eigenvalue weighted by Crippen LogP contribution is 2.37. The van der Waals surface area contributed by atoms with Crippen LogP contribution in [0.4, 0.5) is 35.1 Å². The van der Waals surface area contributed by atoms with E-state index in [2.05, 4.69) is 21.2 Å². The molecule has 1 saturated heterocycles. The Hall–Kier alpha value is -3.98. The van der Waals surface area contributed by atoms with Crippen LogP contribution in [0.25, 0.3) is 5.57 Å². The maximum Gasteiger partial charge on any atom is 0.416 e. The minimum Gasteiger partial charge on any atom is -0.512 e. The van der Waals surface area contributed by atoms with Gasteiger partial charge in [0.2, 0.25) is 5.91 Å². The second kappa shape index (κ2) is 14.5. The van der Waals surface area contributed by atoms with E-state index in [1.165, 1.54) is 12.1 Å². The number of aliphatic hydroxyl groups excluding tert-OH is 1. The molecule has 1 amide bonds. The molecule has 1 aromatic heterocycles. The summed E-state index contributed by atoms with van der Waals surface area (Å²) in [6.07, 6.45) is -6.35. The number of alkyl halides is 6. The lowest BCUT2D eigenvalue weighted by molar-refractivity contribution is -0.138. The molecule has 1 aliphatic carbocycles. The highest BCUT2D eigenvalue weighted by Gasteiger charge is 2.37. The lowest BCUT2D eigenvalue weighted by Crippen LogP contribution is -2.49. The van der Waals surface area contributed by atoms with Gasteiger partial charge in [0.15, 0.2) is 0 Å². The van der Waals surface area contributed by atoms with Crippen LogP contribution in [0.2, 0.25) is 0 Å². The number of benzene rings is 2. The molecule has 49 heavy (non-hydrogen) atoms. The third-order valence-electron chi connectivity index (χ3n) is 8.53. The summed E-state index contributed by atoms with van der Waals surface area (Å²) in [7, 11) is 0. The number of hydrogen-bond donors (Lipinski definition) is 2. The van der Waals surface area contributed by atoms with Crippen molar-refractivity contribution >= 4 is 27.4 Å². The van der Waals surface area contributed by atoms with E-state index in [0.29, 0.717) is 16.6 Å². The van der Waals surface area contributed by atoms with Crippen LogP contribution in [0, 0.1) is 11.6 Å². The Bertz CT molecular complexity index is 1880. The van der Waals surface area contributed by atoms with Gasteiger partial charge in [-0.3, -0.25) is 19.1 Å². The van der Waals surface area contributed by atoms with Crippen LogP contribution in [0.15, 0.2) is 69.3 Å². The number of rotatable bonds is 10. The number of carbonyl (C=O) groups excluding carboxylic acids is 1. The van der Waals surface area contributed by atoms with Gasteiger partial charge in [-0.25, -0.2) is 22.0 Å². The number of halogens is 9. The van der Waals surface area contributed by atoms with Crippen LogP contribution >= 0.6 is 15.9 Å². The third kappa shape index (κ3) is 7.93. The summed E-state index contributed by atoms with van der Waals surface area (Å²) in [6.45, 7) is 0.946. The van der Waals surface area contributed by atoms with E-state index in [4.69, 9.17) is 0 Å². The van der Waals surface area contributed by atoms with Gasteiger partial charge in [0.05, 0.1) is 11.1 Å². The van der Waals surface area contributed by atoms with E-state index in [0.717, 1.165) is 24.4 Å². The summed E-state index contributed by atoms with van der Waals surface area (Å²) >= 11 is 3.16. The first-order valence-corrected chi connectivity index (χ1v) is 16.0. The van der Waals surface area contributed by atoms with Gasteiger partial charge in [-0.2, -0.15) is 13.2 Å². The van der Waals surface area contributed by atoms with Gasteiger partial charge in [0.1, 0.15) is 29.6 Å². The van der Waals surface area contributed by atoms with E-state index >= 15 is 8.78 Å². The van der Waals surface area contributed by atoms with Crippen LogP contribution in [-0.2, 0) is 23.9 Å². The van der Waals surface area contributed by atoms with E-state index in [9.17, 15) is 41.0 Å². The van der Waals surface area contributed by atoms with Crippen molar-refractivity contribution in [2.75, 3.05) is 19.6 Å². The molecule has 1 aliphatic heterocycles. The van der Waals surface area contributed by atoms with E-state index in [-0.39, 0.29) is 59.9 Å². The predicted octanol–water partition coefficient (Wildman–Crippen LogP) is 7.96. The molecular formula is C34H30BrF8N3O3. The maximum absolute atomic E-state index is 15.4. The molecule has 0 spiro atoms. The number of pyridine rings is 1. The third-order valence-corrected chi connectivity index (χ3v) is 9.02. The minimum atomic E-state index is -4.97. The molecule has 3 aromatic rings. The molecule has 1 fully saturated rings. The quantitative estimate of drug-likeness (QED) is 0.206. The predicted molar refractivity (Wildman–Crippen MR) is 169 cm³/mol. The summed E-state index contributed by atoms with van der Waals surface area (Å²) in [5.41, 5.74) is -4.00. The molecule has 2 N–H and O–H groups in total. The van der Waals surface area contributed by atoms with Gasteiger partial charge in [-0.15, -0.1) is 0 Å². The van der Waals surface area contributed by atoms with E-state index in [1.807, 2.05) is 0 Å². The topological polar surface area (TPSA) is 74.6 Å². The molecule has 15 heteroatoms. The Labute approximate surface area is 283 Å². The average Bonchev–Trinajstić information content (AvgIpc) is 3.00. The normalized spacial score (nSPS) is 16.5. The van der Waals surface area contributed by atoms with Crippen molar-refractivity contribution in [1.82, 2.24) is 14.8 Å². The summed E-state index contributed by atoms with van der Waals surface area (Å²) in [6, 6.07) is 3.83. The van der Waals surface area contributed by atoms with Gasteiger partial charge >= 0.3 is 6.18 Å². The number of allylic oxidation sites excluding steroid dienone is 4.